The minimum absolute atomic E-state index is 0.0341. The summed E-state index contributed by atoms with van der Waals surface area (Å²) in [4.78, 5) is 46.6. The maximum absolute atomic E-state index is 12.2. The number of hydrogen-bond acceptors (Lipinski definition) is 6. The zero-order chi connectivity index (χ0) is 17.8. The van der Waals surface area contributed by atoms with Crippen molar-refractivity contribution in [1.29, 1.82) is 0 Å². The highest BCUT2D eigenvalue weighted by Gasteiger charge is 2.57. The second kappa shape index (κ2) is 5.28. The Morgan fingerprint density at radius 1 is 1.08 bits per heavy atom. The van der Waals surface area contributed by atoms with Crippen LogP contribution < -0.4 is 0 Å². The molecule has 4 unspecified atom stereocenters. The van der Waals surface area contributed by atoms with Gasteiger partial charge in [-0.2, -0.15) is 0 Å². The van der Waals surface area contributed by atoms with Crippen LogP contribution in [0, 0.1) is 11.8 Å². The number of carbonyl (C=O) groups excluding carboxylic acids is 4. The number of benzene rings is 1. The quantitative estimate of drug-likeness (QED) is 0.439. The summed E-state index contributed by atoms with van der Waals surface area (Å²) in [5.74, 6) is 0.797. The van der Waals surface area contributed by atoms with E-state index >= 15 is 0 Å². The molecule has 4 atom stereocenters. The van der Waals surface area contributed by atoms with Crippen molar-refractivity contribution in [3.05, 3.63) is 46.9 Å². The summed E-state index contributed by atoms with van der Waals surface area (Å²) in [6.45, 7) is 1.91. The Balaban J connectivity index is 1.90. The third kappa shape index (κ3) is 2.05. The number of cyclic esters (lactones) is 2. The van der Waals surface area contributed by atoms with E-state index in [1.54, 1.807) is 24.0 Å². The molecule has 3 aliphatic rings. The van der Waals surface area contributed by atoms with Gasteiger partial charge in [-0.25, -0.2) is 9.59 Å². The minimum Gasteiger partial charge on any atom is -0.443 e. The molecule has 1 aromatic rings. The fourth-order valence-electron chi connectivity index (χ4n) is 4.46. The van der Waals surface area contributed by atoms with Crippen molar-refractivity contribution in [2.75, 3.05) is 0 Å². The van der Waals surface area contributed by atoms with Crippen LogP contribution in [0.15, 0.2) is 35.8 Å². The maximum atomic E-state index is 12.2. The Morgan fingerprint density at radius 2 is 1.84 bits per heavy atom. The van der Waals surface area contributed by atoms with Gasteiger partial charge in [0.2, 0.25) is 0 Å². The van der Waals surface area contributed by atoms with Crippen molar-refractivity contribution in [3.63, 3.8) is 0 Å². The highest BCUT2D eigenvalue weighted by molar-refractivity contribution is 6.00. The zero-order valence-electron chi connectivity index (χ0n) is 13.4. The highest BCUT2D eigenvalue weighted by Crippen LogP contribution is 2.56. The van der Waals surface area contributed by atoms with Crippen LogP contribution in [0.2, 0.25) is 0 Å². The second-order valence-corrected chi connectivity index (χ2v) is 6.88. The first-order valence-corrected chi connectivity index (χ1v) is 8.01. The summed E-state index contributed by atoms with van der Waals surface area (Å²) in [6.07, 6.45) is 0.532. The summed E-state index contributed by atoms with van der Waals surface area (Å²) in [7, 11) is 0. The van der Waals surface area contributed by atoms with Gasteiger partial charge in [0.15, 0.2) is 23.4 Å². The van der Waals surface area contributed by atoms with Gasteiger partial charge in [0.25, 0.3) is 0 Å². The van der Waals surface area contributed by atoms with Crippen molar-refractivity contribution in [2.45, 2.75) is 31.1 Å². The summed E-state index contributed by atoms with van der Waals surface area (Å²) in [5, 5.41) is 0. The van der Waals surface area contributed by atoms with Crippen molar-refractivity contribution in [2.24, 2.45) is 11.8 Å². The smallest absolute Gasteiger partial charge is 0.321 e. The van der Waals surface area contributed by atoms with Gasteiger partial charge in [-0.1, -0.05) is 31.2 Å². The SMILES string of the molecule is CC1(C2CC(=C=O)OC2=C=O)CC2C(=O)OC(=O)C2c2ccccc21. The van der Waals surface area contributed by atoms with Gasteiger partial charge in [-0.15, -0.1) is 0 Å². The molecule has 0 spiro atoms. The molecule has 126 valence electrons. The Kier molecular flexibility index (Phi) is 3.29. The van der Waals surface area contributed by atoms with Crippen LogP contribution in [-0.4, -0.2) is 23.8 Å². The molecule has 1 aromatic carbocycles. The minimum atomic E-state index is -0.674. The van der Waals surface area contributed by atoms with Crippen LogP contribution in [0.1, 0.15) is 36.8 Å². The van der Waals surface area contributed by atoms with Crippen LogP contribution in [-0.2, 0) is 34.1 Å². The van der Waals surface area contributed by atoms with E-state index < -0.39 is 35.1 Å². The Morgan fingerprint density at radius 3 is 2.56 bits per heavy atom. The third-order valence-corrected chi connectivity index (χ3v) is 5.64. The average Bonchev–Trinajstić information content (AvgIpc) is 3.16. The van der Waals surface area contributed by atoms with E-state index in [2.05, 4.69) is 0 Å². The number of carbonyl (C=O) groups is 2. The average molecular weight is 338 g/mol. The second-order valence-electron chi connectivity index (χ2n) is 6.88. The molecular formula is C19H14O6. The van der Waals surface area contributed by atoms with E-state index in [4.69, 9.17) is 9.47 Å². The van der Waals surface area contributed by atoms with E-state index in [0.29, 0.717) is 6.42 Å². The molecule has 0 amide bonds. The van der Waals surface area contributed by atoms with Crippen LogP contribution in [0.5, 0.6) is 0 Å². The first kappa shape index (κ1) is 15.6. The van der Waals surface area contributed by atoms with Gasteiger partial charge >= 0.3 is 11.9 Å². The van der Waals surface area contributed by atoms with Crippen molar-refractivity contribution in [1.82, 2.24) is 0 Å². The molecule has 0 aromatic heterocycles. The molecular weight excluding hydrogens is 324 g/mol. The molecule has 0 saturated carbocycles. The third-order valence-electron chi connectivity index (χ3n) is 5.64. The number of rotatable bonds is 1. The molecule has 2 fully saturated rings. The van der Waals surface area contributed by atoms with Gasteiger partial charge in [0.1, 0.15) is 0 Å². The van der Waals surface area contributed by atoms with Gasteiger partial charge in [-0.3, -0.25) is 9.59 Å². The molecule has 6 heteroatoms. The van der Waals surface area contributed by atoms with E-state index in [9.17, 15) is 19.2 Å². The molecule has 4 rings (SSSR count). The lowest BCUT2D eigenvalue weighted by atomic mass is 9.58. The molecule has 6 nitrogen and oxygen atoms in total. The van der Waals surface area contributed by atoms with Crippen LogP contribution in [0.3, 0.4) is 0 Å². The Labute approximate surface area is 143 Å². The maximum Gasteiger partial charge on any atom is 0.321 e. The predicted octanol–water partition coefficient (Wildman–Crippen LogP) is 1.60. The molecule has 2 aliphatic heterocycles. The fourth-order valence-corrected chi connectivity index (χ4v) is 4.46. The largest absolute Gasteiger partial charge is 0.443 e. The molecule has 0 radical (unpaired) electrons. The lowest BCUT2D eigenvalue weighted by Crippen LogP contribution is -2.41. The molecule has 0 N–H and O–H groups in total. The lowest BCUT2D eigenvalue weighted by Gasteiger charge is -2.42. The first-order chi connectivity index (χ1) is 12.0. The van der Waals surface area contributed by atoms with E-state index in [1.165, 1.54) is 0 Å². The molecule has 1 aliphatic carbocycles. The Hall–Kier alpha value is -2.94. The summed E-state index contributed by atoms with van der Waals surface area (Å²) in [5.41, 5.74) is 0.912. The van der Waals surface area contributed by atoms with Crippen LogP contribution >= 0.6 is 0 Å². The van der Waals surface area contributed by atoms with Crippen molar-refractivity contribution >= 4 is 23.8 Å². The fraction of sp³-hybridized carbons (Fsp3) is 0.368. The van der Waals surface area contributed by atoms with Gasteiger partial charge in [0.05, 0.1) is 11.8 Å². The summed E-state index contributed by atoms with van der Waals surface area (Å²) >= 11 is 0. The zero-order valence-corrected chi connectivity index (χ0v) is 13.4. The Bertz CT molecular complexity index is 902. The summed E-state index contributed by atoms with van der Waals surface area (Å²) < 4.78 is 10.1. The lowest BCUT2D eigenvalue weighted by molar-refractivity contribution is -0.153. The highest BCUT2D eigenvalue weighted by atomic mass is 16.6. The summed E-state index contributed by atoms with van der Waals surface area (Å²) in [6, 6.07) is 7.33. The van der Waals surface area contributed by atoms with Gasteiger partial charge in [0, 0.05) is 17.8 Å². The van der Waals surface area contributed by atoms with E-state index in [1.807, 2.05) is 19.1 Å². The molecule has 25 heavy (non-hydrogen) atoms. The number of allylic oxidation sites excluding steroid dienone is 2. The number of fused-ring (bicyclic) bond motifs is 3. The normalized spacial score (nSPS) is 33.1. The first-order valence-electron chi connectivity index (χ1n) is 8.01. The van der Waals surface area contributed by atoms with Gasteiger partial charge < -0.3 is 9.47 Å². The number of esters is 2. The van der Waals surface area contributed by atoms with Crippen LogP contribution in [0.4, 0.5) is 0 Å². The van der Waals surface area contributed by atoms with Crippen molar-refractivity contribution < 1.29 is 28.7 Å². The standard InChI is InChI=1S/C19H14O6/c1-19(14-6-10(8-20)24-15(14)9-21)7-12-16(18(23)25-17(12)22)11-4-2-3-5-13(11)19/h2-5,12,14,16H,6-7H2,1H3. The molecule has 2 heterocycles. The van der Waals surface area contributed by atoms with Crippen LogP contribution in [0.25, 0.3) is 0 Å². The van der Waals surface area contributed by atoms with E-state index in [-0.39, 0.29) is 17.9 Å². The number of hydrogen-bond donors (Lipinski definition) is 0. The molecule has 0 bridgehead atoms. The topological polar surface area (TPSA) is 86.7 Å². The van der Waals surface area contributed by atoms with Gasteiger partial charge in [-0.05, 0) is 17.5 Å². The van der Waals surface area contributed by atoms with Crippen molar-refractivity contribution in [3.8, 4) is 0 Å². The number of ether oxygens (including phenoxy) is 2. The monoisotopic (exact) mass is 338 g/mol. The predicted molar refractivity (Wildman–Crippen MR) is 83.3 cm³/mol. The molecule has 2 saturated heterocycles. The van der Waals surface area contributed by atoms with E-state index in [0.717, 1.165) is 11.1 Å².